The third-order valence-electron chi connectivity index (χ3n) is 3.31. The third-order valence-corrected chi connectivity index (χ3v) is 4.55. The van der Waals surface area contributed by atoms with Crippen molar-refractivity contribution in [2.24, 2.45) is 0 Å². The van der Waals surface area contributed by atoms with E-state index >= 15 is 0 Å². The van der Waals surface area contributed by atoms with E-state index in [0.29, 0.717) is 6.42 Å². The number of hydrogen-bond donors (Lipinski definition) is 2. The van der Waals surface area contributed by atoms with Crippen LogP contribution in [-0.2, 0) is 13.9 Å². The summed E-state index contributed by atoms with van der Waals surface area (Å²) in [6.45, 7) is 4.22. The van der Waals surface area contributed by atoms with Crippen LogP contribution in [0.3, 0.4) is 0 Å². The average Bonchev–Trinajstić information content (AvgIpc) is 2.42. The molecule has 8 heteroatoms. The van der Waals surface area contributed by atoms with Gasteiger partial charge in [-0.15, -0.1) is 9.24 Å². The van der Waals surface area contributed by atoms with Gasteiger partial charge in [-0.25, -0.2) is 4.57 Å². The Kier molecular flexibility index (Phi) is 12.1. The first kappa shape index (κ1) is 21.8. The van der Waals surface area contributed by atoms with Gasteiger partial charge in [0, 0.05) is 13.6 Å². The lowest BCUT2D eigenvalue weighted by molar-refractivity contribution is -0.124. The van der Waals surface area contributed by atoms with Crippen LogP contribution in [0.2, 0.25) is 0 Å². The predicted molar refractivity (Wildman–Crippen MR) is 91.4 cm³/mol. The minimum absolute atomic E-state index is 0.0375. The van der Waals surface area contributed by atoms with E-state index in [-0.39, 0.29) is 5.91 Å². The van der Waals surface area contributed by atoms with Crippen molar-refractivity contribution in [2.45, 2.75) is 57.2 Å². The highest BCUT2D eigenvalue weighted by molar-refractivity contribution is 7.46. The van der Waals surface area contributed by atoms with E-state index in [1.807, 2.05) is 0 Å². The monoisotopic (exact) mass is 353 g/mol. The Morgan fingerprint density at radius 1 is 1.23 bits per heavy atom. The van der Waals surface area contributed by atoms with E-state index in [1.165, 1.54) is 6.08 Å². The molecule has 0 rings (SSSR count). The Labute approximate surface area is 135 Å². The predicted octanol–water partition coefficient (Wildman–Crippen LogP) is 3.06. The summed E-state index contributed by atoms with van der Waals surface area (Å²) in [5, 5.41) is 0. The van der Waals surface area contributed by atoms with Crippen molar-refractivity contribution in [1.82, 2.24) is 4.90 Å². The molecule has 0 bridgehead atoms. The Morgan fingerprint density at radius 2 is 1.73 bits per heavy atom. The molecule has 0 aliphatic carbocycles. The van der Waals surface area contributed by atoms with E-state index in [1.54, 1.807) is 11.9 Å². The molecule has 6 nitrogen and oxygen atoms in total. The van der Waals surface area contributed by atoms with Gasteiger partial charge < -0.3 is 14.7 Å². The first-order valence-corrected chi connectivity index (χ1v) is 9.83. The first-order valence-electron chi connectivity index (χ1n) is 7.63. The van der Waals surface area contributed by atoms with E-state index in [2.05, 4.69) is 20.3 Å². The fraction of sp³-hybridized carbons (Fsp3) is 0.786. The highest BCUT2D eigenvalue weighted by Gasteiger charge is 2.18. The number of carbonyl (C=O) groups excluding carboxylic acids is 1. The van der Waals surface area contributed by atoms with Gasteiger partial charge in [0.1, 0.15) is 0 Å². The smallest absolute Gasteiger partial charge is 0.342 e. The number of rotatable bonds is 13. The molecule has 1 amide bonds. The first-order chi connectivity index (χ1) is 10.3. The number of phosphoric acid groups is 1. The van der Waals surface area contributed by atoms with Gasteiger partial charge in [0.2, 0.25) is 5.91 Å². The zero-order valence-corrected chi connectivity index (χ0v) is 15.4. The normalized spacial score (nSPS) is 12.9. The summed E-state index contributed by atoms with van der Waals surface area (Å²) < 4.78 is 15.2. The van der Waals surface area contributed by atoms with E-state index < -0.39 is 13.7 Å². The topological polar surface area (TPSA) is 87.1 Å². The fourth-order valence-electron chi connectivity index (χ4n) is 2.07. The van der Waals surface area contributed by atoms with Gasteiger partial charge in [-0.1, -0.05) is 45.1 Å². The summed E-state index contributed by atoms with van der Waals surface area (Å²) in [7, 11) is -0.279. The van der Waals surface area contributed by atoms with Crippen LogP contribution in [0.15, 0.2) is 12.7 Å². The Balaban J connectivity index is 3.39. The quantitative estimate of drug-likeness (QED) is 0.302. The third kappa shape index (κ3) is 13.4. The molecule has 0 heterocycles. The Morgan fingerprint density at radius 3 is 2.23 bits per heavy atom. The van der Waals surface area contributed by atoms with Crippen molar-refractivity contribution >= 4 is 23.0 Å². The molecule has 2 unspecified atom stereocenters. The van der Waals surface area contributed by atoms with Crippen LogP contribution in [0.1, 0.15) is 51.4 Å². The van der Waals surface area contributed by atoms with Gasteiger partial charge in [-0.3, -0.25) is 9.32 Å². The van der Waals surface area contributed by atoms with Crippen molar-refractivity contribution in [3.05, 3.63) is 12.7 Å². The van der Waals surface area contributed by atoms with Crippen molar-refractivity contribution in [3.63, 3.8) is 0 Å². The maximum absolute atomic E-state index is 11.2. The van der Waals surface area contributed by atoms with E-state index in [0.717, 1.165) is 51.5 Å². The Bertz CT molecular complexity index is 372. The van der Waals surface area contributed by atoms with Crippen molar-refractivity contribution in [2.75, 3.05) is 13.6 Å². The summed E-state index contributed by atoms with van der Waals surface area (Å²) in [6, 6.07) is 0. The van der Waals surface area contributed by atoms with Gasteiger partial charge in [0.05, 0.1) is 5.85 Å². The minimum atomic E-state index is -4.37. The van der Waals surface area contributed by atoms with Crippen LogP contribution in [0.25, 0.3) is 0 Å². The molecule has 0 spiro atoms. The molecule has 0 aromatic heterocycles. The maximum Gasteiger partial charge on any atom is 0.470 e. The molecule has 0 aliphatic rings. The van der Waals surface area contributed by atoms with Crippen LogP contribution in [0.4, 0.5) is 0 Å². The summed E-state index contributed by atoms with van der Waals surface area (Å²) in [6.07, 6.45) is 9.37. The summed E-state index contributed by atoms with van der Waals surface area (Å²) >= 11 is 0. The summed E-state index contributed by atoms with van der Waals surface area (Å²) in [4.78, 5) is 30.2. The number of hydrogen-bond acceptors (Lipinski definition) is 3. The summed E-state index contributed by atoms with van der Waals surface area (Å²) in [5.74, 6) is -0.525. The van der Waals surface area contributed by atoms with Crippen molar-refractivity contribution < 1.29 is 23.7 Å². The van der Waals surface area contributed by atoms with E-state index in [9.17, 15) is 9.36 Å². The lowest BCUT2D eigenvalue weighted by Gasteiger charge is -2.14. The largest absolute Gasteiger partial charge is 0.470 e. The molecule has 0 fully saturated rings. The number of phosphoric ester groups is 1. The number of amides is 1. The zero-order chi connectivity index (χ0) is 17.0. The molecular weight excluding hydrogens is 324 g/mol. The molecule has 130 valence electrons. The van der Waals surface area contributed by atoms with Gasteiger partial charge in [0.15, 0.2) is 0 Å². The second-order valence-corrected chi connectivity index (χ2v) is 7.30. The van der Waals surface area contributed by atoms with Gasteiger partial charge in [0.25, 0.3) is 0 Å². The Hall–Kier alpha value is -0.250. The number of carbonyl (C=O) groups is 1. The van der Waals surface area contributed by atoms with Crippen LogP contribution in [0.5, 0.6) is 0 Å². The number of unbranched alkanes of at least 4 members (excludes halogenated alkanes) is 6. The van der Waals surface area contributed by atoms with Gasteiger partial charge in [-0.05, 0) is 18.9 Å². The molecular formula is C14H29NO5P2. The maximum atomic E-state index is 11.2. The molecule has 2 atom stereocenters. The second kappa shape index (κ2) is 12.2. The number of likely N-dealkylation sites (N-methyl/N-ethyl adjacent to an activating group) is 1. The lowest BCUT2D eigenvalue weighted by atomic mass is 10.1. The molecule has 2 N–H and O–H groups in total. The van der Waals surface area contributed by atoms with E-state index in [4.69, 9.17) is 9.79 Å². The highest BCUT2D eigenvalue weighted by Crippen LogP contribution is 2.40. The van der Waals surface area contributed by atoms with Crippen LogP contribution in [0, 0.1) is 0 Å². The molecule has 0 radical (unpaired) electrons. The van der Waals surface area contributed by atoms with Crippen LogP contribution >= 0.6 is 17.1 Å². The molecule has 0 aromatic carbocycles. The van der Waals surface area contributed by atoms with Crippen LogP contribution < -0.4 is 0 Å². The standard InChI is InChI=1S/C14H29NO5P2/c1-3-13(16)15(2)12-10-8-6-4-5-7-9-11-14(21)20-22(17,18)19/h3,14H,1,4-12,21H2,2H3,(H2,17,18,19). The van der Waals surface area contributed by atoms with Gasteiger partial charge in [-0.2, -0.15) is 0 Å². The average molecular weight is 353 g/mol. The SMILES string of the molecule is C=CC(=O)N(C)CCCCCCCCCC(P)OP(=O)(O)O. The fourth-order valence-corrected chi connectivity index (χ4v) is 3.24. The second-order valence-electron chi connectivity index (χ2n) is 5.36. The number of nitrogens with zero attached hydrogens (tertiary/aromatic N) is 1. The molecule has 22 heavy (non-hydrogen) atoms. The van der Waals surface area contributed by atoms with Crippen LogP contribution in [-0.4, -0.2) is 40.0 Å². The summed E-state index contributed by atoms with van der Waals surface area (Å²) in [5.41, 5.74) is 0. The molecule has 0 saturated carbocycles. The molecule has 0 saturated heterocycles. The molecule has 0 aliphatic heterocycles. The van der Waals surface area contributed by atoms with Crippen molar-refractivity contribution in [3.8, 4) is 0 Å². The van der Waals surface area contributed by atoms with Gasteiger partial charge >= 0.3 is 7.82 Å². The molecule has 0 aromatic rings. The lowest BCUT2D eigenvalue weighted by Crippen LogP contribution is -2.25. The highest BCUT2D eigenvalue weighted by atomic mass is 31.2. The zero-order valence-electron chi connectivity index (χ0n) is 13.3. The van der Waals surface area contributed by atoms with Crippen molar-refractivity contribution in [1.29, 1.82) is 0 Å². The minimum Gasteiger partial charge on any atom is -0.342 e.